The van der Waals surface area contributed by atoms with E-state index >= 15 is 0 Å². The van der Waals surface area contributed by atoms with E-state index in [1.54, 1.807) is 23.9 Å². The molecule has 150 valence electrons. The number of furan rings is 1. The molecule has 2 saturated heterocycles. The summed E-state index contributed by atoms with van der Waals surface area (Å²) in [6, 6.07) is 2.68. The van der Waals surface area contributed by atoms with E-state index in [1.165, 1.54) is 21.3 Å². The van der Waals surface area contributed by atoms with Crippen molar-refractivity contribution in [2.45, 2.75) is 24.4 Å². The highest BCUT2D eigenvalue weighted by atomic mass is 32.2. The third-order valence-corrected chi connectivity index (χ3v) is 6.69. The van der Waals surface area contributed by atoms with Crippen LogP contribution in [0.5, 0.6) is 0 Å². The van der Waals surface area contributed by atoms with Crippen molar-refractivity contribution >= 4 is 22.0 Å². The highest BCUT2D eigenvalue weighted by Gasteiger charge is 2.31. The molecule has 2 fully saturated rings. The molecule has 0 spiro atoms. The lowest BCUT2D eigenvalue weighted by atomic mass is 10.2. The number of hydrogen-bond acceptors (Lipinski definition) is 5. The van der Waals surface area contributed by atoms with E-state index in [-0.39, 0.29) is 22.8 Å². The van der Waals surface area contributed by atoms with Gasteiger partial charge in [0.2, 0.25) is 5.09 Å². The second-order valence-corrected chi connectivity index (χ2v) is 8.91. The molecule has 3 heterocycles. The number of hydrogen-bond donors (Lipinski definition) is 0. The first-order valence-electron chi connectivity index (χ1n) is 9.16. The lowest BCUT2D eigenvalue weighted by Gasteiger charge is -2.35. The zero-order chi connectivity index (χ0) is 19.6. The normalized spacial score (nSPS) is 19.2. The maximum Gasteiger partial charge on any atom is 0.319 e. The molecule has 3 amide bonds. The minimum atomic E-state index is -3.70. The highest BCUT2D eigenvalue weighted by molar-refractivity contribution is 7.89. The first-order chi connectivity index (χ1) is 12.8. The largest absolute Gasteiger partial charge is 0.438 e. The Bertz CT molecular complexity index is 790. The molecular weight excluding hydrogens is 372 g/mol. The van der Waals surface area contributed by atoms with Crippen LogP contribution < -0.4 is 0 Å². The average molecular weight is 398 g/mol. The van der Waals surface area contributed by atoms with Gasteiger partial charge in [-0.25, -0.2) is 13.2 Å². The number of piperazine rings is 1. The van der Waals surface area contributed by atoms with Crippen molar-refractivity contribution in [1.29, 1.82) is 0 Å². The van der Waals surface area contributed by atoms with E-state index < -0.39 is 10.0 Å². The number of piperidine rings is 1. The number of urea groups is 1. The van der Waals surface area contributed by atoms with Gasteiger partial charge in [0.1, 0.15) is 0 Å². The maximum atomic E-state index is 12.6. The number of amides is 3. The second-order valence-electron chi connectivity index (χ2n) is 7.04. The Morgan fingerprint density at radius 3 is 2.11 bits per heavy atom. The summed E-state index contributed by atoms with van der Waals surface area (Å²) in [5.74, 6) is -0.343. The molecule has 0 aromatic carbocycles. The monoisotopic (exact) mass is 398 g/mol. The van der Waals surface area contributed by atoms with Crippen LogP contribution >= 0.6 is 0 Å². The van der Waals surface area contributed by atoms with E-state index in [0.29, 0.717) is 39.3 Å². The van der Waals surface area contributed by atoms with Gasteiger partial charge in [0.25, 0.3) is 15.9 Å². The zero-order valence-corrected chi connectivity index (χ0v) is 16.6. The van der Waals surface area contributed by atoms with Crippen LogP contribution in [0, 0.1) is 0 Å². The molecule has 1 aromatic rings. The quantitative estimate of drug-likeness (QED) is 0.754. The summed E-state index contributed by atoms with van der Waals surface area (Å²) in [4.78, 5) is 29.4. The van der Waals surface area contributed by atoms with E-state index in [1.807, 2.05) is 0 Å². The van der Waals surface area contributed by atoms with Crippen LogP contribution in [0.2, 0.25) is 0 Å². The molecule has 2 aliphatic rings. The molecule has 0 radical (unpaired) electrons. The first kappa shape index (κ1) is 19.7. The molecule has 9 nitrogen and oxygen atoms in total. The van der Waals surface area contributed by atoms with Crippen molar-refractivity contribution in [3.63, 3.8) is 0 Å². The van der Waals surface area contributed by atoms with Crippen LogP contribution in [-0.4, -0.2) is 92.7 Å². The molecule has 0 aliphatic carbocycles. The Hall–Kier alpha value is -2.07. The second kappa shape index (κ2) is 7.89. The van der Waals surface area contributed by atoms with Crippen molar-refractivity contribution in [3.05, 3.63) is 17.9 Å². The SMILES string of the molecule is CN(C)C(=O)N1CCN(C(=O)c2ccc(S(=O)(=O)N3CCCCC3)o2)CC1. The van der Waals surface area contributed by atoms with Crippen molar-refractivity contribution < 1.29 is 22.4 Å². The summed E-state index contributed by atoms with van der Waals surface area (Å²) in [7, 11) is -0.322. The highest BCUT2D eigenvalue weighted by Crippen LogP contribution is 2.23. The van der Waals surface area contributed by atoms with Crippen molar-refractivity contribution in [3.8, 4) is 0 Å². The summed E-state index contributed by atoms with van der Waals surface area (Å²) in [6.07, 6.45) is 2.69. The van der Waals surface area contributed by atoms with Crippen LogP contribution in [0.25, 0.3) is 0 Å². The summed E-state index contributed by atoms with van der Waals surface area (Å²) in [6.45, 7) is 2.59. The number of rotatable bonds is 3. The van der Waals surface area contributed by atoms with Gasteiger partial charge in [-0.15, -0.1) is 0 Å². The Labute approximate surface area is 159 Å². The molecule has 0 saturated carbocycles. The van der Waals surface area contributed by atoms with Crippen LogP contribution in [0.1, 0.15) is 29.8 Å². The fourth-order valence-corrected chi connectivity index (χ4v) is 4.77. The van der Waals surface area contributed by atoms with E-state index in [0.717, 1.165) is 19.3 Å². The number of sulfonamides is 1. The van der Waals surface area contributed by atoms with Crippen LogP contribution in [0.15, 0.2) is 21.6 Å². The summed E-state index contributed by atoms with van der Waals surface area (Å²) in [5, 5.41) is -0.186. The maximum absolute atomic E-state index is 12.6. The van der Waals surface area contributed by atoms with Gasteiger partial charge in [-0.1, -0.05) is 6.42 Å². The van der Waals surface area contributed by atoms with E-state index in [2.05, 4.69) is 0 Å². The summed E-state index contributed by atoms with van der Waals surface area (Å²) in [5.41, 5.74) is 0. The van der Waals surface area contributed by atoms with Gasteiger partial charge in [-0.3, -0.25) is 4.79 Å². The molecule has 0 bridgehead atoms. The fraction of sp³-hybridized carbons (Fsp3) is 0.647. The predicted octanol–water partition coefficient (Wildman–Crippen LogP) is 0.894. The Morgan fingerprint density at radius 2 is 1.52 bits per heavy atom. The third-order valence-electron chi connectivity index (χ3n) is 4.92. The van der Waals surface area contributed by atoms with Gasteiger partial charge in [0.15, 0.2) is 5.76 Å². The molecule has 3 rings (SSSR count). The summed E-state index contributed by atoms with van der Waals surface area (Å²) >= 11 is 0. The fourth-order valence-electron chi connectivity index (χ4n) is 3.35. The topological polar surface area (TPSA) is 94.4 Å². The van der Waals surface area contributed by atoms with Gasteiger partial charge in [0, 0.05) is 53.4 Å². The van der Waals surface area contributed by atoms with Crippen LogP contribution in [0.4, 0.5) is 4.79 Å². The number of carbonyl (C=O) groups is 2. The standard InChI is InChI=1S/C17H26N4O5S/c1-18(2)17(23)20-12-10-19(11-13-20)16(22)14-6-7-15(26-14)27(24,25)21-8-4-3-5-9-21/h6-7H,3-5,8-13H2,1-2H3. The van der Waals surface area contributed by atoms with Gasteiger partial charge >= 0.3 is 6.03 Å². The van der Waals surface area contributed by atoms with Crippen molar-refractivity contribution in [1.82, 2.24) is 19.0 Å². The van der Waals surface area contributed by atoms with Gasteiger partial charge in [-0.05, 0) is 25.0 Å². The molecule has 0 unspecified atom stereocenters. The van der Waals surface area contributed by atoms with E-state index in [4.69, 9.17) is 4.42 Å². The molecular formula is C17H26N4O5S. The molecule has 2 aliphatic heterocycles. The first-order valence-corrected chi connectivity index (χ1v) is 10.6. The minimum Gasteiger partial charge on any atom is -0.438 e. The van der Waals surface area contributed by atoms with Gasteiger partial charge < -0.3 is 19.1 Å². The molecule has 0 N–H and O–H groups in total. The molecule has 0 atom stereocenters. The minimum absolute atomic E-state index is 0.0120. The average Bonchev–Trinajstić information content (AvgIpc) is 3.18. The lowest BCUT2D eigenvalue weighted by molar-refractivity contribution is 0.0614. The molecule has 10 heteroatoms. The van der Waals surface area contributed by atoms with Gasteiger partial charge in [-0.2, -0.15) is 4.31 Å². The number of carbonyl (C=O) groups excluding carboxylic acids is 2. The summed E-state index contributed by atoms with van der Waals surface area (Å²) < 4.78 is 32.1. The van der Waals surface area contributed by atoms with Crippen molar-refractivity contribution in [2.24, 2.45) is 0 Å². The Morgan fingerprint density at radius 1 is 0.926 bits per heavy atom. The number of nitrogens with zero attached hydrogens (tertiary/aromatic N) is 4. The third kappa shape index (κ3) is 4.11. The molecule has 27 heavy (non-hydrogen) atoms. The Balaban J connectivity index is 1.65. The van der Waals surface area contributed by atoms with Crippen LogP contribution in [0.3, 0.4) is 0 Å². The van der Waals surface area contributed by atoms with Crippen molar-refractivity contribution in [2.75, 3.05) is 53.4 Å². The predicted molar refractivity (Wildman–Crippen MR) is 97.9 cm³/mol. The zero-order valence-electron chi connectivity index (χ0n) is 15.8. The van der Waals surface area contributed by atoms with E-state index in [9.17, 15) is 18.0 Å². The molecule has 1 aromatic heterocycles. The lowest BCUT2D eigenvalue weighted by Crippen LogP contribution is -2.52. The van der Waals surface area contributed by atoms with Gasteiger partial charge in [0.05, 0.1) is 0 Å². The Kier molecular flexibility index (Phi) is 5.75. The van der Waals surface area contributed by atoms with Crippen LogP contribution in [-0.2, 0) is 10.0 Å². The smallest absolute Gasteiger partial charge is 0.319 e.